The average Bonchev–Trinajstić information content (AvgIpc) is 2.39. The Balaban J connectivity index is 2.28. The summed E-state index contributed by atoms with van der Waals surface area (Å²) in [7, 11) is 0. The lowest BCUT2D eigenvalue weighted by atomic mass is 9.70. The van der Waals surface area contributed by atoms with Crippen LogP contribution in [0.2, 0.25) is 0 Å². The lowest BCUT2D eigenvalue weighted by Crippen LogP contribution is -2.41. The van der Waals surface area contributed by atoms with Gasteiger partial charge in [-0.15, -0.1) is 0 Å². The van der Waals surface area contributed by atoms with E-state index in [-0.39, 0.29) is 0 Å². The molecule has 0 aromatic heterocycles. The van der Waals surface area contributed by atoms with Crippen molar-refractivity contribution in [1.29, 1.82) is 0 Å². The van der Waals surface area contributed by atoms with E-state index in [1.165, 1.54) is 12.8 Å². The second kappa shape index (κ2) is 3.40. The quantitative estimate of drug-likeness (QED) is 0.711. The minimum Gasteiger partial charge on any atom is -0.374 e. The largest absolute Gasteiger partial charge is 0.374 e. The molecule has 2 aliphatic carbocycles. The van der Waals surface area contributed by atoms with Crippen molar-refractivity contribution in [2.24, 2.45) is 16.7 Å². The first-order valence-corrected chi connectivity index (χ1v) is 6.66. The van der Waals surface area contributed by atoms with Crippen LogP contribution < -0.4 is 0 Å². The van der Waals surface area contributed by atoms with E-state index in [0.717, 1.165) is 5.92 Å². The monoisotopic (exact) mass is 228 g/mol. The lowest BCUT2D eigenvalue weighted by molar-refractivity contribution is -0.0715. The van der Waals surface area contributed by atoms with Gasteiger partial charge < -0.3 is 4.74 Å². The minimum atomic E-state index is 0.316. The van der Waals surface area contributed by atoms with Gasteiger partial charge >= 0.3 is 0 Å². The molecule has 4 unspecified atom stereocenters. The molecule has 0 radical (unpaired) electrons. The van der Waals surface area contributed by atoms with E-state index in [4.69, 9.17) is 17.4 Å². The zero-order chi connectivity index (χ0) is 11.4. The number of thiol groups is 1. The Kier molecular flexibility index (Phi) is 2.67. The first-order valence-electron chi connectivity index (χ1n) is 6.14. The van der Waals surface area contributed by atoms with Crippen LogP contribution in [-0.2, 0) is 4.74 Å². The molecule has 0 heterocycles. The van der Waals surface area contributed by atoms with Crippen molar-refractivity contribution in [3.05, 3.63) is 0 Å². The molecular weight excluding hydrogens is 204 g/mol. The van der Waals surface area contributed by atoms with Gasteiger partial charge in [-0.1, -0.05) is 20.8 Å². The van der Waals surface area contributed by atoms with Gasteiger partial charge in [0.15, 0.2) is 0 Å². The summed E-state index contributed by atoms with van der Waals surface area (Å²) < 4.78 is 6.12. The number of hydrogen-bond acceptors (Lipinski definition) is 2. The number of ether oxygens (including phenoxy) is 1. The molecule has 0 spiro atoms. The Morgan fingerprint density at radius 2 is 1.87 bits per heavy atom. The van der Waals surface area contributed by atoms with Crippen LogP contribution in [-0.4, -0.2) is 17.5 Å². The van der Waals surface area contributed by atoms with Crippen LogP contribution in [0.4, 0.5) is 0 Å². The van der Waals surface area contributed by atoms with Gasteiger partial charge in [0.25, 0.3) is 0 Å². The van der Waals surface area contributed by atoms with Crippen molar-refractivity contribution in [3.63, 3.8) is 0 Å². The highest BCUT2D eigenvalue weighted by atomic mass is 32.1. The highest BCUT2D eigenvalue weighted by Gasteiger charge is 2.65. The number of hydrogen-bond donors (Lipinski definition) is 1. The molecule has 2 fully saturated rings. The zero-order valence-corrected chi connectivity index (χ0v) is 11.5. The Bertz CT molecular complexity index is 261. The topological polar surface area (TPSA) is 9.23 Å². The molecule has 4 atom stereocenters. The fraction of sp³-hybridized carbons (Fsp3) is 1.00. The maximum absolute atomic E-state index is 6.12. The Morgan fingerprint density at radius 3 is 2.27 bits per heavy atom. The third-order valence-corrected chi connectivity index (χ3v) is 5.77. The fourth-order valence-electron chi connectivity index (χ4n) is 3.78. The molecule has 0 aromatic rings. The summed E-state index contributed by atoms with van der Waals surface area (Å²) in [6.45, 7) is 11.5. The first kappa shape index (κ1) is 11.8. The molecule has 2 aliphatic rings. The molecule has 2 bridgehead atoms. The average molecular weight is 228 g/mol. The van der Waals surface area contributed by atoms with E-state index >= 15 is 0 Å². The molecule has 0 amide bonds. The highest BCUT2D eigenvalue weighted by molar-refractivity contribution is 7.81. The highest BCUT2D eigenvalue weighted by Crippen LogP contribution is 2.67. The summed E-state index contributed by atoms with van der Waals surface area (Å²) in [4.78, 5) is 0. The van der Waals surface area contributed by atoms with Gasteiger partial charge in [-0.05, 0) is 38.0 Å². The summed E-state index contributed by atoms with van der Waals surface area (Å²) >= 11 is 4.81. The summed E-state index contributed by atoms with van der Waals surface area (Å²) in [5.41, 5.74) is 0.716. The van der Waals surface area contributed by atoms with E-state index in [2.05, 4.69) is 34.6 Å². The van der Waals surface area contributed by atoms with Crippen LogP contribution in [0.1, 0.15) is 47.5 Å². The van der Waals surface area contributed by atoms with Gasteiger partial charge in [0.05, 0.1) is 12.2 Å². The molecule has 2 heteroatoms. The van der Waals surface area contributed by atoms with Crippen molar-refractivity contribution in [3.8, 4) is 0 Å². The summed E-state index contributed by atoms with van der Waals surface area (Å²) in [6, 6.07) is 0. The Labute approximate surface area is 99.4 Å². The van der Waals surface area contributed by atoms with Crippen LogP contribution >= 0.6 is 12.6 Å². The molecule has 1 nitrogen and oxygen atoms in total. The summed E-state index contributed by atoms with van der Waals surface area (Å²) in [5, 5.41) is 0.432. The maximum atomic E-state index is 6.12. The zero-order valence-electron chi connectivity index (χ0n) is 10.6. The van der Waals surface area contributed by atoms with Gasteiger partial charge in [0.1, 0.15) is 0 Å². The first-order chi connectivity index (χ1) is 6.80. The van der Waals surface area contributed by atoms with E-state index in [9.17, 15) is 0 Å². The summed E-state index contributed by atoms with van der Waals surface area (Å²) in [6.07, 6.45) is 3.29. The molecule has 0 aliphatic heterocycles. The van der Waals surface area contributed by atoms with Gasteiger partial charge in [-0.3, -0.25) is 0 Å². The van der Waals surface area contributed by atoms with Gasteiger partial charge in [-0.25, -0.2) is 0 Å². The molecule has 0 saturated heterocycles. The third-order valence-electron chi connectivity index (χ3n) is 5.14. The van der Waals surface area contributed by atoms with E-state index in [1.807, 2.05) is 0 Å². The summed E-state index contributed by atoms with van der Waals surface area (Å²) in [5.74, 6) is 0.731. The number of rotatable bonds is 2. The third kappa shape index (κ3) is 1.40. The smallest absolute Gasteiger partial charge is 0.0756 e. The van der Waals surface area contributed by atoms with Gasteiger partial charge in [-0.2, -0.15) is 12.6 Å². The second-order valence-corrected chi connectivity index (χ2v) is 6.98. The Hall–Kier alpha value is 0.310. The molecule has 2 rings (SSSR count). The van der Waals surface area contributed by atoms with Crippen molar-refractivity contribution in [2.45, 2.75) is 64.9 Å². The SMILES string of the molecule is CC(C)OC1C(S)C2CCC1(C)C2(C)C. The van der Waals surface area contributed by atoms with Crippen LogP contribution in [0.3, 0.4) is 0 Å². The van der Waals surface area contributed by atoms with Crippen molar-refractivity contribution < 1.29 is 4.74 Å². The maximum Gasteiger partial charge on any atom is 0.0756 e. The minimum absolute atomic E-state index is 0.316. The van der Waals surface area contributed by atoms with Gasteiger partial charge in [0, 0.05) is 10.7 Å². The molecular formula is C13H24OS. The molecule has 2 saturated carbocycles. The molecule has 0 N–H and O–H groups in total. The molecule has 0 aromatic carbocycles. The van der Waals surface area contributed by atoms with Crippen LogP contribution in [0.25, 0.3) is 0 Å². The van der Waals surface area contributed by atoms with E-state index in [0.29, 0.717) is 28.3 Å². The molecule has 15 heavy (non-hydrogen) atoms. The standard InChI is InChI=1S/C13H24OS/c1-8(2)14-11-10(15)9-6-7-13(11,5)12(9,3)4/h8-11,15H,6-7H2,1-5H3. The van der Waals surface area contributed by atoms with Crippen LogP contribution in [0.15, 0.2) is 0 Å². The predicted molar refractivity (Wildman–Crippen MR) is 67.4 cm³/mol. The Morgan fingerprint density at radius 1 is 1.27 bits per heavy atom. The predicted octanol–water partition coefficient (Wildman–Crippen LogP) is 3.53. The van der Waals surface area contributed by atoms with Crippen molar-refractivity contribution >= 4 is 12.6 Å². The van der Waals surface area contributed by atoms with Crippen LogP contribution in [0, 0.1) is 16.7 Å². The fourth-order valence-corrected chi connectivity index (χ4v) is 4.70. The molecule has 88 valence electrons. The van der Waals surface area contributed by atoms with E-state index in [1.54, 1.807) is 0 Å². The van der Waals surface area contributed by atoms with Crippen molar-refractivity contribution in [2.75, 3.05) is 0 Å². The van der Waals surface area contributed by atoms with Crippen molar-refractivity contribution in [1.82, 2.24) is 0 Å². The normalized spacial score (nSPS) is 47.8. The van der Waals surface area contributed by atoms with E-state index < -0.39 is 0 Å². The second-order valence-electron chi connectivity index (χ2n) is 6.38. The number of fused-ring (bicyclic) bond motifs is 2. The van der Waals surface area contributed by atoms with Crippen LogP contribution in [0.5, 0.6) is 0 Å². The van der Waals surface area contributed by atoms with Gasteiger partial charge in [0.2, 0.25) is 0 Å². The lowest BCUT2D eigenvalue weighted by Gasteiger charge is -2.40.